The molecule has 3 aromatic carbocycles. The maximum atomic E-state index is 13.8. The van der Waals surface area contributed by atoms with Crippen LogP contribution < -0.4 is 14.7 Å². The van der Waals surface area contributed by atoms with Crippen LogP contribution >= 0.6 is 34.0 Å². The summed E-state index contributed by atoms with van der Waals surface area (Å²) in [5, 5.41) is 78.9. The average Bonchev–Trinajstić information content (AvgIpc) is 0.992. The number of rotatable bonds is 13. The van der Waals surface area contributed by atoms with Crippen molar-refractivity contribution in [2.75, 3.05) is 102 Å². The predicted octanol–water partition coefficient (Wildman–Crippen LogP) is 10.8. The Kier molecular flexibility index (Phi) is 17.4. The first kappa shape index (κ1) is 62.2. The van der Waals surface area contributed by atoms with Crippen molar-refractivity contribution in [3.05, 3.63) is 109 Å². The SMILES string of the molecule is CCCN1CCC(N(C)c2nc3nnc(-c4ccc(-c5cn[nH]c5)cc4O)cc3s2)CC1.CN1CCC(N(C)c2nc3nnc(-c4ccc(-c5cn[nH]c5F)cc4O)cc3s2)C1.CN1CCC2(CC1)CN(c1nc3nnc(-c4ccc(-c5cn[nH]c5F)cc4O)cc3s1)C2. The number of likely N-dealkylation sites (N-methyl/N-ethyl adjacent to an activating group) is 2. The second-order valence-corrected chi connectivity index (χ2v) is 27.8. The molecule has 4 aliphatic heterocycles. The number of nitrogens with zero attached hydrogens (tertiary/aromatic N) is 18. The highest BCUT2D eigenvalue weighted by molar-refractivity contribution is 7.22. The van der Waals surface area contributed by atoms with Crippen LogP contribution in [-0.2, 0) is 0 Å². The Balaban J connectivity index is 0.000000122. The van der Waals surface area contributed by atoms with Gasteiger partial charge in [0.05, 0.1) is 60.9 Å². The maximum Gasteiger partial charge on any atom is 0.216 e. The van der Waals surface area contributed by atoms with Gasteiger partial charge in [0.25, 0.3) is 0 Å². The third kappa shape index (κ3) is 12.8. The summed E-state index contributed by atoms with van der Waals surface area (Å²) in [4.78, 5) is 28.2. The van der Waals surface area contributed by atoms with Gasteiger partial charge in [0, 0.05) is 92.8 Å². The summed E-state index contributed by atoms with van der Waals surface area (Å²) in [6.07, 6.45) is 13.4. The number of hydrogen-bond acceptors (Lipinski definition) is 24. The van der Waals surface area contributed by atoms with Crippen molar-refractivity contribution >= 4 is 80.4 Å². The van der Waals surface area contributed by atoms with Crippen LogP contribution in [0.3, 0.4) is 0 Å². The molecule has 0 radical (unpaired) electrons. The lowest BCUT2D eigenvalue weighted by atomic mass is 9.72. The van der Waals surface area contributed by atoms with Crippen molar-refractivity contribution in [1.29, 1.82) is 0 Å². The number of phenols is 3. The van der Waals surface area contributed by atoms with E-state index in [4.69, 9.17) is 4.98 Å². The van der Waals surface area contributed by atoms with Gasteiger partial charge in [0.2, 0.25) is 11.9 Å². The predicted molar refractivity (Wildman–Crippen MR) is 363 cm³/mol. The summed E-state index contributed by atoms with van der Waals surface area (Å²) in [6, 6.07) is 22.1. The molecule has 94 heavy (non-hydrogen) atoms. The highest BCUT2D eigenvalue weighted by Crippen LogP contribution is 2.45. The van der Waals surface area contributed by atoms with E-state index in [1.807, 2.05) is 30.3 Å². The van der Waals surface area contributed by atoms with Gasteiger partial charge in [-0.25, -0.2) is 0 Å². The number of aromatic nitrogens is 15. The molecular formula is C65H69F2N21O3S3. The lowest BCUT2D eigenvalue weighted by Gasteiger charge is -2.53. The number of likely N-dealkylation sites (tertiary alicyclic amines) is 3. The monoisotopic (exact) mass is 1330 g/mol. The molecule has 0 bridgehead atoms. The molecule has 1 atom stereocenters. The number of fused-ring (bicyclic) bond motifs is 3. The number of anilines is 3. The second-order valence-electron chi connectivity index (χ2n) is 24.8. The molecule has 6 N–H and O–H groups in total. The molecule has 1 unspecified atom stereocenters. The van der Waals surface area contributed by atoms with E-state index in [-0.39, 0.29) is 17.2 Å². The van der Waals surface area contributed by atoms with E-state index in [2.05, 4.69) is 136 Å². The van der Waals surface area contributed by atoms with E-state index in [0.717, 1.165) is 112 Å². The molecular weight excluding hydrogens is 1260 g/mol. The van der Waals surface area contributed by atoms with Crippen LogP contribution in [0.15, 0.2) is 97.6 Å². The smallest absolute Gasteiger partial charge is 0.216 e. The van der Waals surface area contributed by atoms with E-state index in [1.165, 1.54) is 50.3 Å². The number of piperidine rings is 2. The molecule has 4 saturated heterocycles. The molecule has 16 rings (SSSR count). The first-order valence-electron chi connectivity index (χ1n) is 31.2. The zero-order valence-electron chi connectivity index (χ0n) is 52.4. The molecule has 0 aliphatic carbocycles. The highest BCUT2D eigenvalue weighted by Gasteiger charge is 2.45. The zero-order valence-corrected chi connectivity index (χ0v) is 54.8. The maximum absolute atomic E-state index is 13.8. The molecule has 4 fully saturated rings. The number of aromatic hydroxyl groups is 3. The molecule has 0 amide bonds. The van der Waals surface area contributed by atoms with Crippen molar-refractivity contribution in [1.82, 2.24) is 90.8 Å². The van der Waals surface area contributed by atoms with E-state index in [1.54, 1.807) is 76.7 Å². The molecule has 13 heterocycles. The van der Waals surface area contributed by atoms with Gasteiger partial charge in [-0.3, -0.25) is 15.3 Å². The van der Waals surface area contributed by atoms with Crippen LogP contribution in [0, 0.1) is 17.3 Å². The molecule has 29 heteroatoms. The number of thiazole rings is 3. The van der Waals surface area contributed by atoms with Crippen LogP contribution in [0.2, 0.25) is 0 Å². The third-order valence-corrected chi connectivity index (χ3v) is 21.6. The number of aromatic amines is 3. The van der Waals surface area contributed by atoms with Crippen molar-refractivity contribution in [2.24, 2.45) is 5.41 Å². The minimum absolute atomic E-state index is 0.00222. The van der Waals surface area contributed by atoms with Crippen molar-refractivity contribution in [3.8, 4) is 84.4 Å². The third-order valence-electron chi connectivity index (χ3n) is 18.4. The Hall–Kier alpha value is -9.26. The van der Waals surface area contributed by atoms with Gasteiger partial charge in [-0.1, -0.05) is 59.1 Å². The fraction of sp³-hybridized carbons (Fsp3) is 0.354. The average molecular weight is 1330 g/mol. The van der Waals surface area contributed by atoms with Crippen LogP contribution in [0.1, 0.15) is 45.4 Å². The van der Waals surface area contributed by atoms with Crippen LogP contribution in [0.4, 0.5) is 24.2 Å². The molecule has 484 valence electrons. The zero-order chi connectivity index (χ0) is 64.8. The van der Waals surface area contributed by atoms with Crippen LogP contribution in [0.25, 0.3) is 98.2 Å². The minimum atomic E-state index is -0.543. The van der Waals surface area contributed by atoms with E-state index in [9.17, 15) is 24.1 Å². The summed E-state index contributed by atoms with van der Waals surface area (Å²) in [6.45, 7) is 12.2. The quantitative estimate of drug-likeness (QED) is 0.0625. The molecule has 4 aliphatic rings. The van der Waals surface area contributed by atoms with Gasteiger partial charge in [-0.15, -0.1) is 30.6 Å². The second kappa shape index (κ2) is 26.3. The van der Waals surface area contributed by atoms with Crippen molar-refractivity contribution < 1.29 is 24.1 Å². The minimum Gasteiger partial charge on any atom is -0.507 e. The van der Waals surface area contributed by atoms with Gasteiger partial charge >= 0.3 is 0 Å². The number of hydrogen-bond donors (Lipinski definition) is 6. The molecule has 24 nitrogen and oxygen atoms in total. The van der Waals surface area contributed by atoms with Gasteiger partial charge in [-0.2, -0.15) is 39.0 Å². The molecule has 0 saturated carbocycles. The van der Waals surface area contributed by atoms with E-state index in [0.29, 0.717) is 90.5 Å². The summed E-state index contributed by atoms with van der Waals surface area (Å²) in [5.41, 5.74) is 9.22. The lowest BCUT2D eigenvalue weighted by Crippen LogP contribution is -2.60. The normalized spacial score (nSPS) is 17.0. The summed E-state index contributed by atoms with van der Waals surface area (Å²) >= 11 is 4.80. The van der Waals surface area contributed by atoms with Crippen molar-refractivity contribution in [2.45, 2.75) is 57.5 Å². The van der Waals surface area contributed by atoms with E-state index < -0.39 is 11.9 Å². The summed E-state index contributed by atoms with van der Waals surface area (Å²) < 4.78 is 30.3. The highest BCUT2D eigenvalue weighted by atomic mass is 32.1. The first-order valence-corrected chi connectivity index (χ1v) is 33.7. The fourth-order valence-electron chi connectivity index (χ4n) is 12.8. The number of halogens is 2. The number of nitrogens with one attached hydrogen (secondary N) is 3. The Bertz CT molecular complexity index is 4650. The van der Waals surface area contributed by atoms with Gasteiger partial charge in [0.1, 0.15) is 17.2 Å². The number of phenolic OH excluding ortho intramolecular Hbond substituents is 3. The molecule has 12 aromatic rings. The lowest BCUT2D eigenvalue weighted by molar-refractivity contribution is 0.0906. The molecule has 1 spiro atoms. The van der Waals surface area contributed by atoms with Crippen LogP contribution in [-0.4, -0.2) is 205 Å². The van der Waals surface area contributed by atoms with Gasteiger partial charge in [0.15, 0.2) is 32.3 Å². The summed E-state index contributed by atoms with van der Waals surface area (Å²) in [5.74, 6) is -0.911. The van der Waals surface area contributed by atoms with Gasteiger partial charge in [-0.05, 0) is 150 Å². The van der Waals surface area contributed by atoms with E-state index >= 15 is 0 Å². The van der Waals surface area contributed by atoms with Crippen molar-refractivity contribution in [3.63, 3.8) is 0 Å². The van der Waals surface area contributed by atoms with Crippen LogP contribution in [0.5, 0.6) is 17.2 Å². The largest absolute Gasteiger partial charge is 0.507 e. The first-order chi connectivity index (χ1) is 45.6. The Morgan fingerprint density at radius 2 is 1.03 bits per heavy atom. The van der Waals surface area contributed by atoms with Gasteiger partial charge < -0.3 is 44.7 Å². The topological polar surface area (TPSA) is 282 Å². The fourth-order valence-corrected chi connectivity index (χ4v) is 15.7. The standard InChI is InChI=1S/C23H27N7OS.C22H22FN7OS.C20H20FN7OS/c1-3-8-30-9-6-17(7-10-30)29(2)23-26-22-21(32-23)12-19(27-28-22)18-5-4-15(11-20(18)31)16-13-24-25-14-16;1-29-6-4-22(5-7-29)11-30(12-22)21-25-20-18(32-21)9-16(26-28-20)14-3-2-13(8-17(14)31)15-10-24-27-19(15)23;1-27-6-5-12(10-27)28(2)20-23-19-17(30-20)8-15(24-26-19)13-4-3-11(7-16(13)29)14-9-22-25-18(14)21/h4-5,11-14,17,31H,3,6-10H2,1-2H3,(H,24,25);2-3,8-10,31H,4-7,11-12H2,1H3,(H,24,27);3-4,7-9,12,29H,5-6,10H2,1-2H3,(H,22,25). The Morgan fingerprint density at radius 3 is 1.50 bits per heavy atom. The summed E-state index contributed by atoms with van der Waals surface area (Å²) in [7, 11) is 8.51. The number of benzene rings is 3. The number of H-pyrrole nitrogens is 3. The molecule has 9 aromatic heterocycles. The Morgan fingerprint density at radius 1 is 0.543 bits per heavy atom. The Labute approximate surface area is 551 Å².